The van der Waals surface area contributed by atoms with Gasteiger partial charge < -0.3 is 10.6 Å². The minimum atomic E-state index is 0.438. The second-order valence-corrected chi connectivity index (χ2v) is 3.63. The van der Waals surface area contributed by atoms with Crippen LogP contribution in [0.15, 0.2) is 12.4 Å². The average Bonchev–Trinajstić information content (AvgIpc) is 2.31. The first-order valence-corrected chi connectivity index (χ1v) is 5.13. The van der Waals surface area contributed by atoms with Crippen LogP contribution in [0.25, 0.3) is 0 Å². The number of piperidine rings is 1. The van der Waals surface area contributed by atoms with Crippen LogP contribution in [0.5, 0.6) is 0 Å². The molecular formula is C10H14N4O. The van der Waals surface area contributed by atoms with Gasteiger partial charge in [0, 0.05) is 18.4 Å². The largest absolute Gasteiger partial charge is 0.351 e. The van der Waals surface area contributed by atoms with Gasteiger partial charge >= 0.3 is 0 Å². The molecule has 2 heterocycles. The number of aromatic nitrogens is 2. The molecule has 0 bridgehead atoms. The summed E-state index contributed by atoms with van der Waals surface area (Å²) in [6.45, 7) is 2.06. The van der Waals surface area contributed by atoms with Crippen molar-refractivity contribution in [2.24, 2.45) is 0 Å². The summed E-state index contributed by atoms with van der Waals surface area (Å²) in [6, 6.07) is 0.438. The van der Waals surface area contributed by atoms with Crippen molar-refractivity contribution in [1.82, 2.24) is 15.3 Å². The Hall–Kier alpha value is -1.49. The molecule has 0 aromatic carbocycles. The van der Waals surface area contributed by atoms with E-state index < -0.39 is 0 Å². The molecule has 0 spiro atoms. The molecule has 1 saturated heterocycles. The highest BCUT2D eigenvalue weighted by atomic mass is 16.1. The molecule has 0 unspecified atom stereocenters. The third kappa shape index (κ3) is 2.73. The molecule has 0 saturated carbocycles. The van der Waals surface area contributed by atoms with Crippen LogP contribution in [0.4, 0.5) is 5.95 Å². The van der Waals surface area contributed by atoms with Crippen molar-refractivity contribution in [3.63, 3.8) is 0 Å². The van der Waals surface area contributed by atoms with E-state index in [1.54, 1.807) is 0 Å². The molecule has 1 fully saturated rings. The molecule has 5 heteroatoms. The predicted molar refractivity (Wildman–Crippen MR) is 56.9 cm³/mol. The molecule has 15 heavy (non-hydrogen) atoms. The molecular weight excluding hydrogens is 192 g/mol. The molecule has 0 radical (unpaired) electrons. The number of nitrogens with one attached hydrogen (secondary N) is 2. The highest BCUT2D eigenvalue weighted by molar-refractivity contribution is 5.73. The zero-order valence-corrected chi connectivity index (χ0v) is 8.44. The average molecular weight is 206 g/mol. The van der Waals surface area contributed by atoms with E-state index in [2.05, 4.69) is 20.6 Å². The summed E-state index contributed by atoms with van der Waals surface area (Å²) in [7, 11) is 0. The second-order valence-electron chi connectivity index (χ2n) is 3.63. The minimum absolute atomic E-state index is 0.438. The zero-order valence-electron chi connectivity index (χ0n) is 8.44. The van der Waals surface area contributed by atoms with Gasteiger partial charge in [-0.15, -0.1) is 0 Å². The minimum Gasteiger partial charge on any atom is -0.351 e. The highest BCUT2D eigenvalue weighted by Gasteiger charge is 2.13. The lowest BCUT2D eigenvalue weighted by Gasteiger charge is -2.23. The van der Waals surface area contributed by atoms with Gasteiger partial charge in [0.1, 0.15) is 0 Å². The van der Waals surface area contributed by atoms with Crippen LogP contribution >= 0.6 is 0 Å². The van der Waals surface area contributed by atoms with Gasteiger partial charge in [-0.3, -0.25) is 4.79 Å². The molecule has 0 atom stereocenters. The van der Waals surface area contributed by atoms with Gasteiger partial charge in [0.2, 0.25) is 5.95 Å². The van der Waals surface area contributed by atoms with E-state index in [9.17, 15) is 4.79 Å². The number of hydrogen-bond donors (Lipinski definition) is 2. The van der Waals surface area contributed by atoms with Crippen molar-refractivity contribution in [1.29, 1.82) is 0 Å². The smallest absolute Gasteiger partial charge is 0.222 e. The summed E-state index contributed by atoms with van der Waals surface area (Å²) in [5.74, 6) is 0.604. The Bertz CT molecular complexity index is 319. The number of rotatable bonds is 3. The summed E-state index contributed by atoms with van der Waals surface area (Å²) in [4.78, 5) is 18.5. The standard InChI is InChI=1S/C10H14N4O/c15-7-8-5-12-10(13-6-8)14-9-1-3-11-4-2-9/h5-7,9,11H,1-4H2,(H,12,13,14). The Morgan fingerprint density at radius 3 is 2.60 bits per heavy atom. The van der Waals surface area contributed by atoms with Crippen molar-refractivity contribution in [3.05, 3.63) is 18.0 Å². The van der Waals surface area contributed by atoms with Crippen LogP contribution in [-0.4, -0.2) is 35.4 Å². The Morgan fingerprint density at radius 2 is 2.00 bits per heavy atom. The molecule has 0 amide bonds. The zero-order chi connectivity index (χ0) is 10.5. The fraction of sp³-hybridized carbons (Fsp3) is 0.500. The number of nitrogens with zero attached hydrogens (tertiary/aromatic N) is 2. The fourth-order valence-corrected chi connectivity index (χ4v) is 1.62. The van der Waals surface area contributed by atoms with E-state index in [1.165, 1.54) is 12.4 Å². The van der Waals surface area contributed by atoms with Crippen LogP contribution in [0.2, 0.25) is 0 Å². The number of hydrogen-bond acceptors (Lipinski definition) is 5. The number of carbonyl (C=O) groups is 1. The van der Waals surface area contributed by atoms with Crippen molar-refractivity contribution in [3.8, 4) is 0 Å². The fourth-order valence-electron chi connectivity index (χ4n) is 1.62. The lowest BCUT2D eigenvalue weighted by molar-refractivity contribution is 0.112. The van der Waals surface area contributed by atoms with Gasteiger partial charge in [-0.25, -0.2) is 9.97 Å². The molecule has 0 aliphatic carbocycles. The van der Waals surface area contributed by atoms with E-state index >= 15 is 0 Å². The van der Waals surface area contributed by atoms with Crippen LogP contribution in [0, 0.1) is 0 Å². The summed E-state index contributed by atoms with van der Waals surface area (Å²) >= 11 is 0. The van der Waals surface area contributed by atoms with Crippen molar-refractivity contribution >= 4 is 12.2 Å². The Kier molecular flexibility index (Phi) is 3.24. The van der Waals surface area contributed by atoms with Crippen molar-refractivity contribution < 1.29 is 4.79 Å². The number of aldehydes is 1. The molecule has 1 aliphatic rings. The number of anilines is 1. The molecule has 1 aliphatic heterocycles. The van der Waals surface area contributed by atoms with E-state index in [0.717, 1.165) is 32.2 Å². The summed E-state index contributed by atoms with van der Waals surface area (Å²) < 4.78 is 0. The van der Waals surface area contributed by atoms with Crippen LogP contribution < -0.4 is 10.6 Å². The third-order valence-electron chi connectivity index (χ3n) is 2.48. The van der Waals surface area contributed by atoms with Gasteiger partial charge in [0.25, 0.3) is 0 Å². The van der Waals surface area contributed by atoms with E-state index in [0.29, 0.717) is 17.6 Å². The maximum absolute atomic E-state index is 10.4. The van der Waals surface area contributed by atoms with Gasteiger partial charge in [0.05, 0.1) is 5.56 Å². The van der Waals surface area contributed by atoms with E-state index in [-0.39, 0.29) is 0 Å². The number of carbonyl (C=O) groups excluding carboxylic acids is 1. The highest BCUT2D eigenvalue weighted by Crippen LogP contribution is 2.08. The molecule has 2 N–H and O–H groups in total. The monoisotopic (exact) mass is 206 g/mol. The first kappa shape index (κ1) is 10.0. The van der Waals surface area contributed by atoms with Gasteiger partial charge in [-0.1, -0.05) is 0 Å². The van der Waals surface area contributed by atoms with Gasteiger partial charge in [-0.2, -0.15) is 0 Å². The van der Waals surface area contributed by atoms with Crippen molar-refractivity contribution in [2.75, 3.05) is 18.4 Å². The first-order valence-electron chi connectivity index (χ1n) is 5.13. The lowest BCUT2D eigenvalue weighted by atomic mass is 10.1. The molecule has 1 aromatic heterocycles. The van der Waals surface area contributed by atoms with Gasteiger partial charge in [0.15, 0.2) is 6.29 Å². The second kappa shape index (κ2) is 4.84. The Morgan fingerprint density at radius 1 is 1.33 bits per heavy atom. The Balaban J connectivity index is 1.94. The van der Waals surface area contributed by atoms with E-state index in [4.69, 9.17) is 0 Å². The maximum Gasteiger partial charge on any atom is 0.222 e. The Labute approximate surface area is 88.3 Å². The summed E-state index contributed by atoms with van der Waals surface area (Å²) in [5, 5.41) is 6.55. The molecule has 80 valence electrons. The summed E-state index contributed by atoms with van der Waals surface area (Å²) in [6.07, 6.45) is 5.97. The van der Waals surface area contributed by atoms with Crippen LogP contribution in [-0.2, 0) is 0 Å². The van der Waals surface area contributed by atoms with Gasteiger partial charge in [-0.05, 0) is 25.9 Å². The van der Waals surface area contributed by atoms with E-state index in [1.807, 2.05) is 0 Å². The topological polar surface area (TPSA) is 66.9 Å². The first-order chi connectivity index (χ1) is 7.38. The van der Waals surface area contributed by atoms with Crippen LogP contribution in [0.1, 0.15) is 23.2 Å². The predicted octanol–water partition coefficient (Wildman–Crippen LogP) is 0.453. The summed E-state index contributed by atoms with van der Waals surface area (Å²) in [5.41, 5.74) is 0.505. The SMILES string of the molecule is O=Cc1cnc(NC2CCNCC2)nc1. The maximum atomic E-state index is 10.4. The third-order valence-corrected chi connectivity index (χ3v) is 2.48. The lowest BCUT2D eigenvalue weighted by Crippen LogP contribution is -2.35. The van der Waals surface area contributed by atoms with Crippen LogP contribution in [0.3, 0.4) is 0 Å². The molecule has 2 rings (SSSR count). The molecule has 5 nitrogen and oxygen atoms in total. The molecule has 1 aromatic rings. The van der Waals surface area contributed by atoms with Crippen molar-refractivity contribution in [2.45, 2.75) is 18.9 Å². The normalized spacial score (nSPS) is 17.3. The quantitative estimate of drug-likeness (QED) is 0.703.